The zero-order valence-electron chi connectivity index (χ0n) is 21.2. The van der Waals surface area contributed by atoms with Gasteiger partial charge in [-0.05, 0) is 61.2 Å². The highest BCUT2D eigenvalue weighted by atomic mass is 32.2. The summed E-state index contributed by atoms with van der Waals surface area (Å²) >= 11 is 0. The molecule has 2 aromatic carbocycles. The van der Waals surface area contributed by atoms with Crippen molar-refractivity contribution in [2.24, 2.45) is 11.1 Å². The molecule has 1 aliphatic heterocycles. The van der Waals surface area contributed by atoms with E-state index in [-0.39, 0.29) is 29.7 Å². The first-order chi connectivity index (χ1) is 18.0. The fourth-order valence-corrected chi connectivity index (χ4v) is 5.57. The van der Waals surface area contributed by atoms with E-state index in [1.165, 1.54) is 48.2 Å². The summed E-state index contributed by atoms with van der Waals surface area (Å²) in [5.74, 6) is -1.43. The molecule has 1 saturated carbocycles. The Kier molecular flexibility index (Phi) is 8.27. The largest absolute Gasteiger partial charge is 0.427 e. The van der Waals surface area contributed by atoms with Gasteiger partial charge in [0.2, 0.25) is 21.8 Å². The van der Waals surface area contributed by atoms with E-state index in [9.17, 15) is 27.6 Å². The number of amides is 3. The molecule has 10 nitrogen and oxygen atoms in total. The van der Waals surface area contributed by atoms with Crippen LogP contribution in [0.3, 0.4) is 0 Å². The Morgan fingerprint density at radius 3 is 2.21 bits per heavy atom. The molecule has 1 unspecified atom stereocenters. The van der Waals surface area contributed by atoms with Crippen LogP contribution in [0.25, 0.3) is 0 Å². The summed E-state index contributed by atoms with van der Waals surface area (Å²) in [7, 11) is -3.82. The molecule has 0 aromatic heterocycles. The molecule has 0 spiro atoms. The van der Waals surface area contributed by atoms with Gasteiger partial charge in [0, 0.05) is 19.4 Å². The number of hydrogen-bond donors (Lipinski definition) is 1. The maximum atomic E-state index is 13.6. The lowest BCUT2D eigenvalue weighted by Gasteiger charge is -2.32. The van der Waals surface area contributed by atoms with Crippen LogP contribution in [0.5, 0.6) is 5.75 Å². The van der Waals surface area contributed by atoms with Crippen molar-refractivity contribution < 1.29 is 32.3 Å². The van der Waals surface area contributed by atoms with Crippen molar-refractivity contribution in [2.45, 2.75) is 62.8 Å². The highest BCUT2D eigenvalue weighted by molar-refractivity contribution is 7.89. The zero-order valence-corrected chi connectivity index (χ0v) is 22.0. The zero-order chi connectivity index (χ0) is 27.4. The first kappa shape index (κ1) is 27.5. The van der Waals surface area contributed by atoms with Gasteiger partial charge in [-0.25, -0.2) is 18.5 Å². The second-order valence-corrected chi connectivity index (χ2v) is 11.2. The van der Waals surface area contributed by atoms with Gasteiger partial charge >= 0.3 is 5.97 Å². The van der Waals surface area contributed by atoms with Crippen LogP contribution in [0, 0.1) is 5.92 Å². The lowest BCUT2D eigenvalue weighted by molar-refractivity contribution is -0.142. The summed E-state index contributed by atoms with van der Waals surface area (Å²) in [6.45, 7) is 1.48. The van der Waals surface area contributed by atoms with Crippen LogP contribution in [0.4, 0.5) is 5.69 Å². The van der Waals surface area contributed by atoms with Crippen LogP contribution in [-0.4, -0.2) is 49.6 Å². The lowest BCUT2D eigenvalue weighted by atomic mass is 9.87. The normalized spacial score (nSPS) is 18.5. The van der Waals surface area contributed by atoms with Gasteiger partial charge in [-0.15, -0.1) is 0 Å². The van der Waals surface area contributed by atoms with Gasteiger partial charge in [0.05, 0.1) is 17.0 Å². The molecular weight excluding hydrogens is 510 g/mol. The van der Waals surface area contributed by atoms with Gasteiger partial charge in [0.25, 0.3) is 5.91 Å². The number of nitrogens with zero attached hydrogens (tertiary/aromatic N) is 2. The summed E-state index contributed by atoms with van der Waals surface area (Å²) in [5, 5.41) is 5.18. The van der Waals surface area contributed by atoms with Crippen molar-refractivity contribution in [3.63, 3.8) is 0 Å². The first-order valence-corrected chi connectivity index (χ1v) is 14.2. The molecular formula is C27H31N3O7S. The third-order valence-electron chi connectivity index (χ3n) is 6.99. The molecule has 202 valence electrons. The number of imide groups is 1. The molecule has 1 aliphatic carbocycles. The van der Waals surface area contributed by atoms with Crippen molar-refractivity contribution in [3.8, 4) is 5.75 Å². The van der Waals surface area contributed by atoms with Crippen LogP contribution < -0.4 is 14.8 Å². The summed E-state index contributed by atoms with van der Waals surface area (Å²) in [5.41, 5.74) is 1.11. The van der Waals surface area contributed by atoms with E-state index in [4.69, 9.17) is 9.88 Å². The number of sulfonamides is 1. The Morgan fingerprint density at radius 1 is 1.00 bits per heavy atom. The number of benzene rings is 2. The number of anilines is 1. The standard InChI is InChI=1S/C27H31N3O7S/c1-18(31)37-22-11-9-21(10-12-22)30-25(32)17-24(27(30)34)29(26(33)20-5-3-2-4-6-20)16-15-19-7-13-23(14-8-19)38(28,35)36/h7-14,20,24H,2-6,15-17H2,1H3,(H2,28,35,36). The van der Waals surface area contributed by atoms with Crippen LogP contribution in [0.2, 0.25) is 0 Å². The van der Waals surface area contributed by atoms with Gasteiger partial charge in [0.15, 0.2) is 0 Å². The maximum absolute atomic E-state index is 13.6. The van der Waals surface area contributed by atoms with Crippen molar-refractivity contribution in [2.75, 3.05) is 11.4 Å². The molecule has 2 aliphatic rings. The summed E-state index contributed by atoms with van der Waals surface area (Å²) in [6.07, 6.45) is 4.68. The number of ether oxygens (including phenoxy) is 1. The fourth-order valence-electron chi connectivity index (χ4n) is 5.06. The Balaban J connectivity index is 1.55. The summed E-state index contributed by atoms with van der Waals surface area (Å²) in [6, 6.07) is 11.2. The minimum Gasteiger partial charge on any atom is -0.427 e. The molecule has 0 radical (unpaired) electrons. The smallest absolute Gasteiger partial charge is 0.308 e. The van der Waals surface area contributed by atoms with Gasteiger partial charge in [0.1, 0.15) is 11.8 Å². The Bertz CT molecular complexity index is 1320. The van der Waals surface area contributed by atoms with Crippen LogP contribution >= 0.6 is 0 Å². The van der Waals surface area contributed by atoms with Crippen molar-refractivity contribution in [1.29, 1.82) is 0 Å². The van der Waals surface area contributed by atoms with Crippen molar-refractivity contribution in [3.05, 3.63) is 54.1 Å². The minimum atomic E-state index is -3.82. The predicted molar refractivity (Wildman–Crippen MR) is 138 cm³/mol. The number of nitrogens with two attached hydrogens (primary N) is 1. The molecule has 1 saturated heterocycles. The summed E-state index contributed by atoms with van der Waals surface area (Å²) < 4.78 is 28.1. The summed E-state index contributed by atoms with van der Waals surface area (Å²) in [4.78, 5) is 53.9. The number of carbonyl (C=O) groups excluding carboxylic acids is 4. The third kappa shape index (κ3) is 6.28. The average Bonchev–Trinajstić information content (AvgIpc) is 3.18. The third-order valence-corrected chi connectivity index (χ3v) is 7.92. The highest BCUT2D eigenvalue weighted by Gasteiger charge is 2.45. The van der Waals surface area contributed by atoms with E-state index in [2.05, 4.69) is 0 Å². The number of rotatable bonds is 8. The van der Waals surface area contributed by atoms with Crippen LogP contribution in [0.1, 0.15) is 51.0 Å². The van der Waals surface area contributed by atoms with E-state index >= 15 is 0 Å². The molecule has 2 aromatic rings. The Morgan fingerprint density at radius 2 is 1.63 bits per heavy atom. The van der Waals surface area contributed by atoms with Crippen molar-refractivity contribution >= 4 is 39.4 Å². The quantitative estimate of drug-likeness (QED) is 0.307. The molecule has 11 heteroatoms. The van der Waals surface area contributed by atoms with Crippen LogP contribution in [0.15, 0.2) is 53.4 Å². The second-order valence-electron chi connectivity index (χ2n) is 9.68. The fraction of sp³-hybridized carbons (Fsp3) is 0.407. The van der Waals surface area contributed by atoms with Gasteiger partial charge in [-0.3, -0.25) is 19.2 Å². The Hall–Kier alpha value is -3.57. The molecule has 0 bridgehead atoms. The molecule has 2 fully saturated rings. The molecule has 1 heterocycles. The van der Waals surface area contributed by atoms with Gasteiger partial charge in [-0.1, -0.05) is 31.4 Å². The molecule has 4 rings (SSSR count). The van der Waals surface area contributed by atoms with E-state index in [0.717, 1.165) is 42.6 Å². The van der Waals surface area contributed by atoms with Crippen molar-refractivity contribution in [1.82, 2.24) is 4.90 Å². The second kappa shape index (κ2) is 11.4. The van der Waals surface area contributed by atoms with E-state index in [1.54, 1.807) is 12.1 Å². The van der Waals surface area contributed by atoms with Crippen LogP contribution in [-0.2, 0) is 35.6 Å². The molecule has 3 amide bonds. The number of primary sulfonamides is 1. The van der Waals surface area contributed by atoms with E-state index in [1.807, 2.05) is 0 Å². The maximum Gasteiger partial charge on any atom is 0.308 e. The minimum absolute atomic E-state index is 0.0108. The molecule has 2 N–H and O–H groups in total. The monoisotopic (exact) mass is 541 g/mol. The van der Waals surface area contributed by atoms with Gasteiger partial charge in [-0.2, -0.15) is 0 Å². The predicted octanol–water partition coefficient (Wildman–Crippen LogP) is 2.54. The topological polar surface area (TPSA) is 144 Å². The van der Waals surface area contributed by atoms with E-state index in [0.29, 0.717) is 17.9 Å². The molecule has 1 atom stereocenters. The van der Waals surface area contributed by atoms with Gasteiger partial charge < -0.3 is 9.64 Å². The number of esters is 1. The average molecular weight is 542 g/mol. The number of hydrogen-bond acceptors (Lipinski definition) is 7. The first-order valence-electron chi connectivity index (χ1n) is 12.6. The molecule has 38 heavy (non-hydrogen) atoms. The lowest BCUT2D eigenvalue weighted by Crippen LogP contribution is -2.48. The Labute approximate surface area is 221 Å². The number of carbonyl (C=O) groups is 4. The van der Waals surface area contributed by atoms with E-state index < -0.39 is 33.8 Å². The highest BCUT2D eigenvalue weighted by Crippen LogP contribution is 2.31. The SMILES string of the molecule is CC(=O)Oc1ccc(N2C(=O)CC(N(CCc3ccc(S(N)(=O)=O)cc3)C(=O)C3CCCCC3)C2=O)cc1.